The van der Waals surface area contributed by atoms with E-state index in [-0.39, 0.29) is 23.3 Å². The van der Waals surface area contributed by atoms with Gasteiger partial charge in [-0.25, -0.2) is 0 Å². The van der Waals surface area contributed by atoms with Gasteiger partial charge in [0.25, 0.3) is 0 Å². The molecular weight excluding hydrogens is 318 g/mol. The molecule has 0 bridgehead atoms. The van der Waals surface area contributed by atoms with Gasteiger partial charge in [-0.2, -0.15) is 0 Å². The van der Waals surface area contributed by atoms with Gasteiger partial charge in [-0.3, -0.25) is 4.90 Å². The molecule has 0 unspecified atom stereocenters. The molecule has 26 heavy (non-hydrogen) atoms. The number of nitrogens with zero attached hydrogens (tertiary/aromatic N) is 1. The Morgan fingerprint density at radius 1 is 1.04 bits per heavy atom. The van der Waals surface area contributed by atoms with Gasteiger partial charge in [0.05, 0.1) is 0 Å². The van der Waals surface area contributed by atoms with Crippen molar-refractivity contribution in [1.82, 2.24) is 4.90 Å². The zero-order valence-electron chi connectivity index (χ0n) is 15.2. The molecule has 0 radical (unpaired) electrons. The summed E-state index contributed by atoms with van der Waals surface area (Å²) in [5.74, 6) is 3.13. The van der Waals surface area contributed by atoms with E-state index in [1.54, 1.807) is 0 Å². The molecule has 1 spiro atoms. The zero-order valence-corrected chi connectivity index (χ0v) is 15.2. The Morgan fingerprint density at radius 2 is 1.65 bits per heavy atom. The molecule has 2 aliphatic carbocycles. The van der Waals surface area contributed by atoms with E-state index < -0.39 is 5.60 Å². The first kappa shape index (κ1) is 16.1. The minimum Gasteiger partial charge on any atom is -0.377 e. The van der Waals surface area contributed by atoms with Gasteiger partial charge in [-0.15, -0.1) is 6.42 Å². The van der Waals surface area contributed by atoms with E-state index in [0.29, 0.717) is 6.04 Å². The summed E-state index contributed by atoms with van der Waals surface area (Å²) in [6, 6.07) is 21.9. The number of hydrogen-bond donors (Lipinski definition) is 1. The van der Waals surface area contributed by atoms with Gasteiger partial charge >= 0.3 is 0 Å². The van der Waals surface area contributed by atoms with Crippen LogP contribution in [0, 0.1) is 29.6 Å². The van der Waals surface area contributed by atoms with Crippen LogP contribution in [0.15, 0.2) is 60.7 Å². The van der Waals surface area contributed by atoms with Crippen LogP contribution in [-0.2, 0) is 0 Å². The first-order chi connectivity index (χ1) is 12.6. The Bertz CT molecular complexity index is 857. The van der Waals surface area contributed by atoms with Crippen molar-refractivity contribution in [3.8, 4) is 12.3 Å². The molecule has 2 saturated carbocycles. The van der Waals surface area contributed by atoms with E-state index in [9.17, 15) is 5.11 Å². The van der Waals surface area contributed by atoms with Crippen molar-refractivity contribution < 1.29 is 5.11 Å². The van der Waals surface area contributed by atoms with Gasteiger partial charge < -0.3 is 5.11 Å². The van der Waals surface area contributed by atoms with E-state index >= 15 is 0 Å². The summed E-state index contributed by atoms with van der Waals surface area (Å²) in [6.07, 6.45) is 9.27. The second-order valence-corrected chi connectivity index (χ2v) is 8.34. The summed E-state index contributed by atoms with van der Waals surface area (Å²) in [7, 11) is 2.22. The SMILES string of the molecule is C#C[C@@]1(O)[C@H]2[C@H](c3ccccc3)N(C)[C@@H](c3ccccc3)[C@]23CCC[C@@H]13. The smallest absolute Gasteiger partial charge is 0.133 e. The minimum absolute atomic E-state index is 0.0811. The van der Waals surface area contributed by atoms with Crippen molar-refractivity contribution in [3.63, 3.8) is 0 Å². The molecule has 0 amide bonds. The average molecular weight is 343 g/mol. The van der Waals surface area contributed by atoms with Crippen LogP contribution in [-0.4, -0.2) is 22.7 Å². The number of rotatable bonds is 2. The number of aliphatic hydroxyl groups is 1. The molecule has 132 valence electrons. The Kier molecular flexibility index (Phi) is 3.38. The van der Waals surface area contributed by atoms with Crippen LogP contribution in [0.1, 0.15) is 42.5 Å². The fraction of sp³-hybridized carbons (Fsp3) is 0.417. The highest BCUT2D eigenvalue weighted by atomic mass is 16.3. The van der Waals surface area contributed by atoms with Crippen LogP contribution < -0.4 is 0 Å². The molecule has 1 N–H and O–H groups in total. The molecule has 1 saturated heterocycles. The van der Waals surface area contributed by atoms with Crippen LogP contribution in [0.2, 0.25) is 0 Å². The minimum atomic E-state index is -0.991. The molecule has 3 fully saturated rings. The van der Waals surface area contributed by atoms with Gasteiger partial charge in [0.15, 0.2) is 0 Å². The Hall–Kier alpha value is -2.08. The second kappa shape index (κ2) is 5.46. The second-order valence-electron chi connectivity index (χ2n) is 8.34. The summed E-state index contributed by atoms with van der Waals surface area (Å²) in [5.41, 5.74) is 1.70. The van der Waals surface area contributed by atoms with Gasteiger partial charge in [0.2, 0.25) is 0 Å². The maximum Gasteiger partial charge on any atom is 0.133 e. The lowest BCUT2D eigenvalue weighted by Gasteiger charge is -2.61. The first-order valence-corrected chi connectivity index (χ1v) is 9.66. The van der Waals surface area contributed by atoms with Gasteiger partial charge in [0, 0.05) is 29.3 Å². The van der Waals surface area contributed by atoms with Crippen molar-refractivity contribution in [1.29, 1.82) is 0 Å². The van der Waals surface area contributed by atoms with E-state index in [1.807, 2.05) is 0 Å². The molecule has 6 atom stereocenters. The highest BCUT2D eigenvalue weighted by Gasteiger charge is 2.79. The van der Waals surface area contributed by atoms with Gasteiger partial charge in [0.1, 0.15) is 5.60 Å². The van der Waals surface area contributed by atoms with E-state index in [4.69, 9.17) is 6.42 Å². The highest BCUT2D eigenvalue weighted by molar-refractivity contribution is 5.42. The number of hydrogen-bond acceptors (Lipinski definition) is 2. The highest BCUT2D eigenvalue weighted by Crippen LogP contribution is 2.79. The van der Waals surface area contributed by atoms with Crippen molar-refractivity contribution >= 4 is 0 Å². The van der Waals surface area contributed by atoms with Crippen molar-refractivity contribution in [3.05, 3.63) is 71.8 Å². The molecule has 2 aromatic rings. The van der Waals surface area contributed by atoms with Crippen LogP contribution >= 0.6 is 0 Å². The fourth-order valence-electron chi connectivity index (χ4n) is 6.84. The Labute approximate surface area is 155 Å². The molecule has 2 heteroatoms. The lowest BCUT2D eigenvalue weighted by Crippen LogP contribution is -2.66. The fourth-order valence-corrected chi connectivity index (χ4v) is 6.84. The third-order valence-corrected chi connectivity index (χ3v) is 7.49. The van der Waals surface area contributed by atoms with Crippen LogP contribution in [0.5, 0.6) is 0 Å². The summed E-state index contributed by atoms with van der Waals surface area (Å²) in [4.78, 5) is 2.49. The molecule has 5 rings (SSSR count). The maximum absolute atomic E-state index is 11.5. The number of benzene rings is 2. The maximum atomic E-state index is 11.5. The summed E-state index contributed by atoms with van der Waals surface area (Å²) in [5, 5.41) is 11.5. The summed E-state index contributed by atoms with van der Waals surface area (Å²) in [6.45, 7) is 0. The van der Waals surface area contributed by atoms with Crippen molar-refractivity contribution in [2.75, 3.05) is 7.05 Å². The Balaban J connectivity index is 1.71. The predicted molar refractivity (Wildman–Crippen MR) is 103 cm³/mol. The Morgan fingerprint density at radius 3 is 2.27 bits per heavy atom. The zero-order chi connectivity index (χ0) is 17.9. The number of terminal acetylenes is 1. The van der Waals surface area contributed by atoms with Crippen molar-refractivity contribution in [2.24, 2.45) is 17.3 Å². The van der Waals surface area contributed by atoms with E-state index in [2.05, 4.69) is 78.5 Å². The topological polar surface area (TPSA) is 23.5 Å². The van der Waals surface area contributed by atoms with Crippen LogP contribution in [0.4, 0.5) is 0 Å². The largest absolute Gasteiger partial charge is 0.377 e. The van der Waals surface area contributed by atoms with Gasteiger partial charge in [-0.1, -0.05) is 73.0 Å². The lowest BCUT2D eigenvalue weighted by molar-refractivity contribution is -0.199. The quantitative estimate of drug-likeness (QED) is 0.826. The van der Waals surface area contributed by atoms with Crippen LogP contribution in [0.25, 0.3) is 0 Å². The van der Waals surface area contributed by atoms with Crippen molar-refractivity contribution in [2.45, 2.75) is 36.9 Å². The third kappa shape index (κ3) is 1.76. The molecule has 2 nitrogen and oxygen atoms in total. The normalized spacial score (nSPS) is 41.1. The van der Waals surface area contributed by atoms with E-state index in [0.717, 1.165) is 19.3 Å². The molecule has 3 aliphatic rings. The molecule has 2 aromatic carbocycles. The molecule has 1 aliphatic heterocycles. The lowest BCUT2D eigenvalue weighted by atomic mass is 9.43. The number of likely N-dealkylation sites (tertiary alicyclic amines) is 1. The third-order valence-electron chi connectivity index (χ3n) is 7.49. The summed E-state index contributed by atoms with van der Waals surface area (Å²) >= 11 is 0. The van der Waals surface area contributed by atoms with Gasteiger partial charge in [-0.05, 0) is 31.0 Å². The van der Waals surface area contributed by atoms with Crippen LogP contribution in [0.3, 0.4) is 0 Å². The first-order valence-electron chi connectivity index (χ1n) is 9.66. The molecule has 0 aromatic heterocycles. The average Bonchev–Trinajstić information content (AvgIpc) is 3.19. The predicted octanol–water partition coefficient (Wildman–Crippen LogP) is 4.20. The summed E-state index contributed by atoms with van der Waals surface area (Å²) < 4.78 is 0. The molecule has 1 heterocycles. The van der Waals surface area contributed by atoms with E-state index in [1.165, 1.54) is 11.1 Å². The monoisotopic (exact) mass is 343 g/mol. The standard InChI is InChI=1S/C24H25NO/c1-3-24(26)19-15-10-16-23(19)21(24)20(17-11-6-4-7-12-17)25(2)22(23)18-13-8-5-9-14-18/h1,4-9,11-14,19-22,26H,10,15-16H2,2H3/t19-,20+,21+,22+,23+,24+/m1/s1. The molecular formula is C24H25NO.